The number of hydrogen-bond acceptors (Lipinski definition) is 3. The van der Waals surface area contributed by atoms with E-state index in [-0.39, 0.29) is 13.3 Å². The van der Waals surface area contributed by atoms with Crippen molar-refractivity contribution in [3.63, 3.8) is 0 Å². The third-order valence-corrected chi connectivity index (χ3v) is 8.56. The van der Waals surface area contributed by atoms with E-state index in [0.29, 0.717) is 16.0 Å². The monoisotopic (exact) mass is 445 g/mol. The van der Waals surface area contributed by atoms with E-state index in [9.17, 15) is 4.79 Å². The van der Waals surface area contributed by atoms with E-state index in [4.69, 9.17) is 11.6 Å². The van der Waals surface area contributed by atoms with Gasteiger partial charge in [0.2, 0.25) is 0 Å². The average Bonchev–Trinajstić information content (AvgIpc) is 2.73. The SMILES string of the molecule is C.O=C(NCC12CCCC(CCC1)C2)c1cc(CN2CC3CNCC(C3)C2)ccc1Cl. The highest BCUT2D eigenvalue weighted by Crippen LogP contribution is 2.48. The van der Waals surface area contributed by atoms with Crippen LogP contribution in [0.15, 0.2) is 18.2 Å². The van der Waals surface area contributed by atoms with E-state index in [1.165, 1.54) is 56.9 Å². The van der Waals surface area contributed by atoms with E-state index in [0.717, 1.165) is 57.0 Å². The van der Waals surface area contributed by atoms with Gasteiger partial charge in [-0.2, -0.15) is 0 Å². The Morgan fingerprint density at radius 3 is 2.55 bits per heavy atom. The van der Waals surface area contributed by atoms with Crippen LogP contribution in [0.2, 0.25) is 5.02 Å². The van der Waals surface area contributed by atoms with E-state index < -0.39 is 0 Å². The highest BCUT2D eigenvalue weighted by atomic mass is 35.5. The summed E-state index contributed by atoms with van der Waals surface area (Å²) in [6.07, 6.45) is 10.6. The molecule has 4 bridgehead atoms. The zero-order chi connectivity index (χ0) is 20.6. The van der Waals surface area contributed by atoms with Crippen LogP contribution in [0.4, 0.5) is 0 Å². The molecule has 2 saturated carbocycles. The fraction of sp³-hybridized carbons (Fsp3) is 0.731. The number of benzene rings is 1. The van der Waals surface area contributed by atoms with Crippen LogP contribution in [-0.4, -0.2) is 43.5 Å². The van der Waals surface area contributed by atoms with Crippen LogP contribution in [0.25, 0.3) is 0 Å². The third kappa shape index (κ3) is 5.29. The number of halogens is 1. The van der Waals surface area contributed by atoms with Crippen molar-refractivity contribution in [2.75, 3.05) is 32.7 Å². The van der Waals surface area contributed by atoms with Gasteiger partial charge in [0.25, 0.3) is 5.91 Å². The van der Waals surface area contributed by atoms with Gasteiger partial charge in [-0.1, -0.05) is 50.8 Å². The first kappa shape index (κ1) is 23.1. The molecular formula is C26H40ClN3O. The Morgan fingerprint density at radius 2 is 1.84 bits per heavy atom. The van der Waals surface area contributed by atoms with E-state index in [2.05, 4.69) is 21.6 Å². The Hall–Kier alpha value is -1.10. The number of likely N-dealkylation sites (tertiary alicyclic amines) is 1. The minimum absolute atomic E-state index is 0. The van der Waals surface area contributed by atoms with E-state index in [1.54, 1.807) is 0 Å². The molecule has 0 spiro atoms. The van der Waals surface area contributed by atoms with E-state index >= 15 is 0 Å². The van der Waals surface area contributed by atoms with Crippen molar-refractivity contribution >= 4 is 17.5 Å². The molecule has 31 heavy (non-hydrogen) atoms. The third-order valence-electron chi connectivity index (χ3n) is 8.23. The molecule has 1 amide bonds. The zero-order valence-electron chi connectivity index (χ0n) is 18.1. The van der Waals surface area contributed by atoms with Crippen LogP contribution < -0.4 is 10.6 Å². The van der Waals surface area contributed by atoms with Gasteiger partial charge in [-0.3, -0.25) is 9.69 Å². The predicted molar refractivity (Wildman–Crippen MR) is 129 cm³/mol. The summed E-state index contributed by atoms with van der Waals surface area (Å²) in [5.74, 6) is 2.42. The van der Waals surface area contributed by atoms with E-state index in [1.807, 2.05) is 12.1 Å². The van der Waals surface area contributed by atoms with Crippen molar-refractivity contribution in [2.45, 2.75) is 65.3 Å². The Kier molecular flexibility index (Phi) is 7.30. The van der Waals surface area contributed by atoms with Crippen molar-refractivity contribution in [2.24, 2.45) is 23.2 Å². The molecular weight excluding hydrogens is 406 g/mol. The highest BCUT2D eigenvalue weighted by Gasteiger charge is 2.39. The smallest absolute Gasteiger partial charge is 0.252 e. The van der Waals surface area contributed by atoms with Gasteiger partial charge in [-0.15, -0.1) is 0 Å². The minimum Gasteiger partial charge on any atom is -0.351 e. The van der Waals surface area contributed by atoms with Crippen molar-refractivity contribution < 1.29 is 4.79 Å². The maximum absolute atomic E-state index is 13.1. The Bertz CT molecular complexity index is 760. The molecule has 4 nitrogen and oxygen atoms in total. The van der Waals surface area contributed by atoms with Crippen molar-refractivity contribution in [1.82, 2.24) is 15.5 Å². The number of fused-ring (bicyclic) bond motifs is 4. The van der Waals surface area contributed by atoms with Crippen LogP contribution in [-0.2, 0) is 6.54 Å². The second kappa shape index (κ2) is 9.80. The molecule has 5 heteroatoms. The maximum Gasteiger partial charge on any atom is 0.252 e. The molecule has 172 valence electrons. The molecule has 2 N–H and O–H groups in total. The second-order valence-electron chi connectivity index (χ2n) is 10.7. The van der Waals surface area contributed by atoms with Crippen LogP contribution in [0.1, 0.15) is 74.7 Å². The van der Waals surface area contributed by atoms with Gasteiger partial charge in [0, 0.05) is 26.2 Å². The fourth-order valence-electron chi connectivity index (χ4n) is 6.88. The largest absolute Gasteiger partial charge is 0.351 e. The average molecular weight is 446 g/mol. The summed E-state index contributed by atoms with van der Waals surface area (Å²) < 4.78 is 0. The Balaban J connectivity index is 0.00000231. The molecule has 2 unspecified atom stereocenters. The van der Waals surface area contributed by atoms with Gasteiger partial charge in [-0.05, 0) is 79.6 Å². The van der Waals surface area contributed by atoms with Gasteiger partial charge in [0.05, 0.1) is 10.6 Å². The van der Waals surface area contributed by atoms with Crippen LogP contribution >= 0.6 is 11.6 Å². The molecule has 2 atom stereocenters. The number of amides is 1. The zero-order valence-corrected chi connectivity index (χ0v) is 18.9. The standard InChI is InChI=1S/C25H36ClN3O.CH4/c26-23-6-5-19(14-29-15-20-9-21(16-29)13-27-12-20)10-22(23)24(30)28-17-25-7-1-3-18(11-25)4-2-8-25;/h5-6,10,18,20-21,27H,1-4,7-9,11-17H2,(H,28,30);1H4. The molecule has 2 aliphatic carbocycles. The van der Waals surface area contributed by atoms with Crippen molar-refractivity contribution in [3.8, 4) is 0 Å². The summed E-state index contributed by atoms with van der Waals surface area (Å²) in [5.41, 5.74) is 2.18. The summed E-state index contributed by atoms with van der Waals surface area (Å²) in [5, 5.41) is 7.40. The summed E-state index contributed by atoms with van der Waals surface area (Å²) in [7, 11) is 0. The number of piperidine rings is 2. The van der Waals surface area contributed by atoms with Gasteiger partial charge in [-0.25, -0.2) is 0 Å². The molecule has 0 radical (unpaired) electrons. The van der Waals surface area contributed by atoms with Crippen LogP contribution in [0.3, 0.4) is 0 Å². The van der Waals surface area contributed by atoms with Gasteiger partial charge in [0.1, 0.15) is 0 Å². The summed E-state index contributed by atoms with van der Waals surface area (Å²) in [4.78, 5) is 15.6. The first-order valence-electron chi connectivity index (χ1n) is 12.1. The van der Waals surface area contributed by atoms with Crippen molar-refractivity contribution in [1.29, 1.82) is 0 Å². The summed E-state index contributed by atoms with van der Waals surface area (Å²) in [6.45, 7) is 6.31. The minimum atomic E-state index is 0. The lowest BCUT2D eigenvalue weighted by molar-refractivity contribution is 0.0681. The lowest BCUT2D eigenvalue weighted by Gasteiger charge is -2.45. The molecule has 4 fully saturated rings. The lowest BCUT2D eigenvalue weighted by atomic mass is 9.62. The Labute approximate surface area is 193 Å². The number of nitrogens with zero attached hydrogens (tertiary/aromatic N) is 1. The first-order chi connectivity index (χ1) is 14.6. The number of hydrogen-bond donors (Lipinski definition) is 2. The summed E-state index contributed by atoms with van der Waals surface area (Å²) >= 11 is 6.45. The maximum atomic E-state index is 13.1. The number of carbonyl (C=O) groups excluding carboxylic acids is 1. The molecule has 2 saturated heterocycles. The normalized spacial score (nSPS) is 32.7. The Morgan fingerprint density at radius 1 is 1.13 bits per heavy atom. The molecule has 5 rings (SSSR count). The van der Waals surface area contributed by atoms with Gasteiger partial charge in [0.15, 0.2) is 0 Å². The second-order valence-corrected chi connectivity index (χ2v) is 11.1. The summed E-state index contributed by atoms with van der Waals surface area (Å²) in [6, 6.07) is 6.03. The lowest BCUT2D eigenvalue weighted by Crippen LogP contribution is -2.50. The number of carbonyl (C=O) groups is 1. The number of rotatable bonds is 5. The fourth-order valence-corrected chi connectivity index (χ4v) is 7.08. The molecule has 2 aliphatic heterocycles. The molecule has 2 heterocycles. The van der Waals surface area contributed by atoms with Crippen molar-refractivity contribution in [3.05, 3.63) is 34.3 Å². The quantitative estimate of drug-likeness (QED) is 0.662. The molecule has 0 aromatic heterocycles. The predicted octanol–water partition coefficient (Wildman–Crippen LogP) is 5.11. The molecule has 4 aliphatic rings. The molecule has 1 aromatic rings. The van der Waals surface area contributed by atoms with Gasteiger partial charge >= 0.3 is 0 Å². The van der Waals surface area contributed by atoms with Gasteiger partial charge < -0.3 is 10.6 Å². The number of nitrogens with one attached hydrogen (secondary N) is 2. The van der Waals surface area contributed by atoms with Crippen LogP contribution in [0, 0.1) is 23.2 Å². The first-order valence-corrected chi connectivity index (χ1v) is 12.5. The topological polar surface area (TPSA) is 44.4 Å². The highest BCUT2D eigenvalue weighted by molar-refractivity contribution is 6.33. The molecule has 1 aromatic carbocycles. The van der Waals surface area contributed by atoms with Crippen LogP contribution in [0.5, 0.6) is 0 Å².